The average Bonchev–Trinajstić information content (AvgIpc) is 3.22. The van der Waals surface area contributed by atoms with Crippen LogP contribution in [0.15, 0.2) is 66.7 Å². The van der Waals surface area contributed by atoms with Crippen molar-refractivity contribution in [2.24, 2.45) is 5.73 Å². The van der Waals surface area contributed by atoms with Crippen molar-refractivity contribution in [3.63, 3.8) is 0 Å². The maximum atomic E-state index is 12.9. The van der Waals surface area contributed by atoms with E-state index in [0.29, 0.717) is 37.3 Å². The fourth-order valence-electron chi connectivity index (χ4n) is 3.32. The highest BCUT2D eigenvalue weighted by atomic mass is 16.5. The highest BCUT2D eigenvalue weighted by Crippen LogP contribution is 2.30. The summed E-state index contributed by atoms with van der Waals surface area (Å²) >= 11 is 0. The monoisotopic (exact) mass is 424 g/mol. The number of nitrogens with zero attached hydrogens (tertiary/aromatic N) is 2. The van der Waals surface area contributed by atoms with Gasteiger partial charge in [-0.05, 0) is 37.6 Å². The molecule has 0 radical (unpaired) electrons. The Morgan fingerprint density at radius 1 is 1.23 bits per heavy atom. The molecule has 1 aromatic heterocycles. The van der Waals surface area contributed by atoms with Crippen LogP contribution >= 0.6 is 0 Å². The Morgan fingerprint density at radius 2 is 2.00 bits per heavy atom. The Balaban J connectivity index is 1.64. The Bertz CT molecular complexity index is 889. The molecule has 3 N–H and O–H groups in total. The number of benzene rings is 1. The second kappa shape index (κ2) is 11.1. The molecule has 0 aliphatic carbocycles. The van der Waals surface area contributed by atoms with E-state index in [1.807, 2.05) is 53.4 Å². The third-order valence-corrected chi connectivity index (χ3v) is 4.84. The zero-order chi connectivity index (χ0) is 22.1. The number of para-hydroxylation sites is 1. The number of nitrogens with one attached hydrogen (secondary N) is 1. The van der Waals surface area contributed by atoms with Gasteiger partial charge in [0, 0.05) is 31.3 Å². The molecule has 2 unspecified atom stereocenters. The molecule has 1 aliphatic heterocycles. The second-order valence-electron chi connectivity index (χ2n) is 7.07. The summed E-state index contributed by atoms with van der Waals surface area (Å²) in [6.07, 6.45) is 4.19. The van der Waals surface area contributed by atoms with Gasteiger partial charge in [-0.15, -0.1) is 0 Å². The first-order valence-corrected chi connectivity index (χ1v) is 10.4. The number of amides is 1. The van der Waals surface area contributed by atoms with Gasteiger partial charge in [0.15, 0.2) is 6.23 Å². The summed E-state index contributed by atoms with van der Waals surface area (Å²) < 4.78 is 10.8. The van der Waals surface area contributed by atoms with Crippen LogP contribution in [-0.4, -0.2) is 36.2 Å². The number of nitrogens with two attached hydrogens (primary N) is 1. The van der Waals surface area contributed by atoms with Gasteiger partial charge in [0.05, 0.1) is 18.3 Å². The van der Waals surface area contributed by atoms with Crippen LogP contribution in [-0.2, 0) is 19.1 Å². The van der Waals surface area contributed by atoms with E-state index in [2.05, 4.69) is 10.3 Å². The van der Waals surface area contributed by atoms with Gasteiger partial charge < -0.3 is 20.5 Å². The van der Waals surface area contributed by atoms with Gasteiger partial charge in [-0.1, -0.05) is 24.3 Å². The number of anilines is 1. The molecule has 164 valence electrons. The minimum atomic E-state index is -0.418. The maximum Gasteiger partial charge on any atom is 0.305 e. The molecule has 0 saturated carbocycles. The van der Waals surface area contributed by atoms with E-state index in [1.54, 1.807) is 13.1 Å². The number of rotatable bonds is 10. The van der Waals surface area contributed by atoms with Crippen molar-refractivity contribution in [3.05, 3.63) is 72.4 Å². The molecule has 2 heterocycles. The Labute approximate surface area is 182 Å². The van der Waals surface area contributed by atoms with E-state index in [4.69, 9.17) is 15.2 Å². The average molecular weight is 425 g/mol. The molecule has 0 spiro atoms. The van der Waals surface area contributed by atoms with E-state index < -0.39 is 6.04 Å². The van der Waals surface area contributed by atoms with Gasteiger partial charge in [-0.25, -0.2) is 0 Å². The number of aromatic nitrogens is 1. The topological polar surface area (TPSA) is 107 Å². The summed E-state index contributed by atoms with van der Waals surface area (Å²) in [6.45, 7) is 2.38. The maximum absolute atomic E-state index is 12.9. The second-order valence-corrected chi connectivity index (χ2v) is 7.07. The summed E-state index contributed by atoms with van der Waals surface area (Å²) in [4.78, 5) is 30.6. The minimum Gasteiger partial charge on any atom is -0.475 e. The molecule has 1 aromatic carbocycles. The SMILES string of the molecule is CCOC(=O)CCCC1OC=C(C(=O)NCC(N)c2ccccn2)N1c1ccccc1. The van der Waals surface area contributed by atoms with Crippen molar-refractivity contribution < 1.29 is 19.1 Å². The molecule has 1 amide bonds. The molecule has 0 bridgehead atoms. The highest BCUT2D eigenvalue weighted by molar-refractivity contribution is 5.97. The summed E-state index contributed by atoms with van der Waals surface area (Å²) in [6, 6.07) is 14.6. The Kier molecular flexibility index (Phi) is 8.00. The summed E-state index contributed by atoms with van der Waals surface area (Å²) in [5, 5.41) is 2.87. The largest absolute Gasteiger partial charge is 0.475 e. The lowest BCUT2D eigenvalue weighted by molar-refractivity contribution is -0.143. The predicted molar refractivity (Wildman–Crippen MR) is 117 cm³/mol. The highest BCUT2D eigenvalue weighted by Gasteiger charge is 2.33. The van der Waals surface area contributed by atoms with Crippen molar-refractivity contribution in [2.75, 3.05) is 18.1 Å². The Morgan fingerprint density at radius 3 is 2.71 bits per heavy atom. The molecule has 8 nitrogen and oxygen atoms in total. The van der Waals surface area contributed by atoms with Crippen LogP contribution in [0.3, 0.4) is 0 Å². The first-order valence-electron chi connectivity index (χ1n) is 10.4. The van der Waals surface area contributed by atoms with E-state index in [9.17, 15) is 9.59 Å². The van der Waals surface area contributed by atoms with Crippen molar-refractivity contribution >= 4 is 17.6 Å². The van der Waals surface area contributed by atoms with Crippen LogP contribution in [0.1, 0.15) is 37.9 Å². The number of esters is 1. The van der Waals surface area contributed by atoms with Gasteiger partial charge in [0.2, 0.25) is 0 Å². The third-order valence-electron chi connectivity index (χ3n) is 4.84. The summed E-state index contributed by atoms with van der Waals surface area (Å²) in [5.74, 6) is -0.524. The molecule has 1 aliphatic rings. The number of pyridine rings is 1. The van der Waals surface area contributed by atoms with Crippen LogP contribution in [0.2, 0.25) is 0 Å². The molecular weight excluding hydrogens is 396 g/mol. The van der Waals surface area contributed by atoms with Gasteiger partial charge in [0.25, 0.3) is 5.91 Å². The zero-order valence-electron chi connectivity index (χ0n) is 17.6. The molecular formula is C23H28N4O4. The van der Waals surface area contributed by atoms with Crippen molar-refractivity contribution in [3.8, 4) is 0 Å². The van der Waals surface area contributed by atoms with Crippen molar-refractivity contribution in [1.29, 1.82) is 0 Å². The minimum absolute atomic E-state index is 0.235. The first-order chi connectivity index (χ1) is 15.1. The number of hydrogen-bond acceptors (Lipinski definition) is 7. The lowest BCUT2D eigenvalue weighted by Crippen LogP contribution is -2.40. The van der Waals surface area contributed by atoms with Gasteiger partial charge in [0.1, 0.15) is 12.0 Å². The van der Waals surface area contributed by atoms with Crippen LogP contribution in [0.5, 0.6) is 0 Å². The quantitative estimate of drug-likeness (QED) is 0.565. The van der Waals surface area contributed by atoms with E-state index in [-0.39, 0.29) is 24.6 Å². The standard InChI is InChI=1S/C23H28N4O4/c1-2-30-22(28)13-8-12-21-27(17-9-4-3-5-10-17)20(16-31-21)23(29)26-15-18(24)19-11-6-7-14-25-19/h3-7,9-11,14,16,18,21H,2,8,12-13,15,24H2,1H3,(H,26,29). The van der Waals surface area contributed by atoms with E-state index >= 15 is 0 Å². The lowest BCUT2D eigenvalue weighted by atomic mass is 10.1. The fourth-order valence-corrected chi connectivity index (χ4v) is 3.32. The van der Waals surface area contributed by atoms with E-state index in [0.717, 1.165) is 5.69 Å². The molecule has 3 rings (SSSR count). The fraction of sp³-hybridized carbons (Fsp3) is 0.348. The van der Waals surface area contributed by atoms with Crippen LogP contribution < -0.4 is 16.0 Å². The van der Waals surface area contributed by atoms with Crippen LogP contribution in [0, 0.1) is 0 Å². The number of hydrogen-bond donors (Lipinski definition) is 2. The predicted octanol–water partition coefficient (Wildman–Crippen LogP) is 2.64. The number of carbonyl (C=O) groups excluding carboxylic acids is 2. The smallest absolute Gasteiger partial charge is 0.305 e. The third kappa shape index (κ3) is 6.05. The van der Waals surface area contributed by atoms with Crippen molar-refractivity contribution in [2.45, 2.75) is 38.5 Å². The molecule has 0 fully saturated rings. The number of carbonyl (C=O) groups is 2. The van der Waals surface area contributed by atoms with Crippen LogP contribution in [0.25, 0.3) is 0 Å². The first kappa shape index (κ1) is 22.3. The van der Waals surface area contributed by atoms with Crippen LogP contribution in [0.4, 0.5) is 5.69 Å². The van der Waals surface area contributed by atoms with Gasteiger partial charge >= 0.3 is 5.97 Å². The Hall–Kier alpha value is -3.39. The molecule has 8 heteroatoms. The summed E-state index contributed by atoms with van der Waals surface area (Å²) in [5.41, 5.74) is 8.07. The molecule has 0 saturated heterocycles. The van der Waals surface area contributed by atoms with Gasteiger partial charge in [-0.2, -0.15) is 0 Å². The van der Waals surface area contributed by atoms with E-state index in [1.165, 1.54) is 6.26 Å². The molecule has 2 aromatic rings. The van der Waals surface area contributed by atoms with Gasteiger partial charge in [-0.3, -0.25) is 19.5 Å². The normalized spacial score (nSPS) is 16.3. The number of ether oxygens (including phenoxy) is 2. The molecule has 2 atom stereocenters. The van der Waals surface area contributed by atoms with Crippen molar-refractivity contribution in [1.82, 2.24) is 10.3 Å². The summed E-state index contributed by atoms with van der Waals surface area (Å²) in [7, 11) is 0. The zero-order valence-corrected chi connectivity index (χ0v) is 17.6. The lowest BCUT2D eigenvalue weighted by Gasteiger charge is -2.27. The molecule has 31 heavy (non-hydrogen) atoms.